The van der Waals surface area contributed by atoms with Crippen molar-refractivity contribution in [3.63, 3.8) is 0 Å². The molecular formula is C15H25NO. The Morgan fingerprint density at radius 3 is 2.35 bits per heavy atom. The van der Waals surface area contributed by atoms with E-state index in [9.17, 15) is 0 Å². The topological polar surface area (TPSA) is 21.3 Å². The van der Waals surface area contributed by atoms with Gasteiger partial charge in [-0.25, -0.2) is 0 Å². The summed E-state index contributed by atoms with van der Waals surface area (Å²) in [5, 5.41) is 3.61. The molecule has 0 aliphatic carbocycles. The lowest BCUT2D eigenvalue weighted by Crippen LogP contribution is -2.33. The van der Waals surface area contributed by atoms with E-state index in [-0.39, 0.29) is 0 Å². The Balaban J connectivity index is 2.77. The Morgan fingerprint density at radius 1 is 1.12 bits per heavy atom. The molecule has 0 saturated carbocycles. The van der Waals surface area contributed by atoms with Crippen LogP contribution in [0.2, 0.25) is 0 Å². The number of nitrogens with one attached hydrogen (secondary N) is 1. The molecule has 1 aromatic rings. The van der Waals surface area contributed by atoms with Crippen LogP contribution in [0.1, 0.15) is 46.2 Å². The molecule has 0 aromatic heterocycles. The van der Waals surface area contributed by atoms with E-state index >= 15 is 0 Å². The fourth-order valence-electron chi connectivity index (χ4n) is 1.80. The molecular weight excluding hydrogens is 210 g/mol. The molecule has 1 rings (SSSR count). The van der Waals surface area contributed by atoms with Crippen molar-refractivity contribution in [3.05, 3.63) is 29.8 Å². The first-order valence-corrected chi connectivity index (χ1v) is 6.54. The fraction of sp³-hybridized carbons (Fsp3) is 0.600. The number of para-hydroxylation sites is 1. The highest BCUT2D eigenvalue weighted by Crippen LogP contribution is 2.25. The van der Waals surface area contributed by atoms with Gasteiger partial charge in [0.2, 0.25) is 0 Å². The van der Waals surface area contributed by atoms with E-state index in [4.69, 9.17) is 4.74 Å². The second kappa shape index (κ2) is 6.65. The van der Waals surface area contributed by atoms with E-state index in [0.29, 0.717) is 24.6 Å². The smallest absolute Gasteiger partial charge is 0.124 e. The summed E-state index contributed by atoms with van der Waals surface area (Å²) >= 11 is 0. The molecule has 2 heteroatoms. The third kappa shape index (κ3) is 4.04. The Hall–Kier alpha value is -1.02. The maximum absolute atomic E-state index is 5.66. The maximum atomic E-state index is 5.66. The van der Waals surface area contributed by atoms with Crippen molar-refractivity contribution < 1.29 is 4.74 Å². The van der Waals surface area contributed by atoms with Crippen LogP contribution >= 0.6 is 0 Å². The van der Waals surface area contributed by atoms with Crippen LogP contribution in [0.4, 0.5) is 0 Å². The zero-order valence-corrected chi connectivity index (χ0v) is 11.7. The minimum Gasteiger partial charge on any atom is -0.494 e. The van der Waals surface area contributed by atoms with Gasteiger partial charge in [-0.15, -0.1) is 0 Å². The van der Waals surface area contributed by atoms with Crippen LogP contribution in [-0.4, -0.2) is 12.6 Å². The number of hydrogen-bond acceptors (Lipinski definition) is 2. The van der Waals surface area contributed by atoms with Crippen molar-refractivity contribution in [3.8, 4) is 5.75 Å². The monoisotopic (exact) mass is 235 g/mol. The highest BCUT2D eigenvalue weighted by atomic mass is 16.5. The van der Waals surface area contributed by atoms with Crippen molar-refractivity contribution in [1.29, 1.82) is 0 Å². The van der Waals surface area contributed by atoms with Gasteiger partial charge in [-0.3, -0.25) is 0 Å². The van der Waals surface area contributed by atoms with E-state index in [1.807, 2.05) is 19.1 Å². The first-order valence-electron chi connectivity index (χ1n) is 6.54. The molecule has 0 aliphatic heterocycles. The van der Waals surface area contributed by atoms with Crippen LogP contribution in [0.25, 0.3) is 0 Å². The molecule has 17 heavy (non-hydrogen) atoms. The maximum Gasteiger partial charge on any atom is 0.124 e. The van der Waals surface area contributed by atoms with Gasteiger partial charge < -0.3 is 10.1 Å². The lowest BCUT2D eigenvalue weighted by Gasteiger charge is -2.24. The fourth-order valence-corrected chi connectivity index (χ4v) is 1.80. The molecule has 96 valence electrons. The zero-order chi connectivity index (χ0) is 12.8. The van der Waals surface area contributed by atoms with Crippen molar-refractivity contribution in [2.45, 2.75) is 46.7 Å². The van der Waals surface area contributed by atoms with Crippen LogP contribution in [0.15, 0.2) is 24.3 Å². The highest BCUT2D eigenvalue weighted by molar-refractivity contribution is 5.35. The zero-order valence-electron chi connectivity index (χ0n) is 11.7. The standard InChI is InChI=1S/C15H25NO/c1-6-17-15-10-8-7-9-14(15)13(5)16-12(4)11(2)3/h7-13,16H,6H2,1-5H3. The Bertz CT molecular complexity index is 335. The molecule has 2 nitrogen and oxygen atoms in total. The molecule has 1 aromatic carbocycles. The van der Waals surface area contributed by atoms with Crippen LogP contribution in [-0.2, 0) is 0 Å². The Morgan fingerprint density at radius 2 is 1.76 bits per heavy atom. The Kier molecular flexibility index (Phi) is 5.49. The van der Waals surface area contributed by atoms with Crippen LogP contribution in [0.3, 0.4) is 0 Å². The van der Waals surface area contributed by atoms with Gasteiger partial charge in [-0.1, -0.05) is 32.0 Å². The molecule has 0 spiro atoms. The van der Waals surface area contributed by atoms with Crippen molar-refractivity contribution >= 4 is 0 Å². The predicted molar refractivity (Wildman–Crippen MR) is 73.5 cm³/mol. The lowest BCUT2D eigenvalue weighted by atomic mass is 10.0. The summed E-state index contributed by atoms with van der Waals surface area (Å²) in [5.74, 6) is 1.63. The molecule has 0 heterocycles. The quantitative estimate of drug-likeness (QED) is 0.810. The first kappa shape index (κ1) is 14.0. The van der Waals surface area contributed by atoms with Crippen molar-refractivity contribution in [2.75, 3.05) is 6.61 Å². The summed E-state index contributed by atoms with van der Waals surface area (Å²) in [5.41, 5.74) is 1.24. The largest absolute Gasteiger partial charge is 0.494 e. The summed E-state index contributed by atoms with van der Waals surface area (Å²) in [6.07, 6.45) is 0. The van der Waals surface area contributed by atoms with Gasteiger partial charge in [0.1, 0.15) is 5.75 Å². The second-order valence-electron chi connectivity index (χ2n) is 4.89. The average Bonchev–Trinajstić information content (AvgIpc) is 2.29. The second-order valence-corrected chi connectivity index (χ2v) is 4.89. The molecule has 0 amide bonds. The normalized spacial score (nSPS) is 14.7. The van der Waals surface area contributed by atoms with E-state index < -0.39 is 0 Å². The lowest BCUT2D eigenvalue weighted by molar-refractivity contribution is 0.326. The van der Waals surface area contributed by atoms with Gasteiger partial charge in [0.25, 0.3) is 0 Å². The molecule has 0 saturated heterocycles. The van der Waals surface area contributed by atoms with Gasteiger partial charge in [-0.2, -0.15) is 0 Å². The average molecular weight is 235 g/mol. The van der Waals surface area contributed by atoms with Crippen LogP contribution in [0.5, 0.6) is 5.75 Å². The van der Waals surface area contributed by atoms with Crippen molar-refractivity contribution in [1.82, 2.24) is 5.32 Å². The van der Waals surface area contributed by atoms with Crippen molar-refractivity contribution in [2.24, 2.45) is 5.92 Å². The molecule has 0 radical (unpaired) electrons. The molecule has 2 atom stereocenters. The highest BCUT2D eigenvalue weighted by Gasteiger charge is 2.15. The van der Waals surface area contributed by atoms with Gasteiger partial charge in [-0.05, 0) is 32.8 Å². The van der Waals surface area contributed by atoms with Gasteiger partial charge in [0, 0.05) is 17.6 Å². The summed E-state index contributed by atoms with van der Waals surface area (Å²) in [6, 6.07) is 9.07. The summed E-state index contributed by atoms with van der Waals surface area (Å²) in [4.78, 5) is 0. The third-order valence-corrected chi connectivity index (χ3v) is 3.20. The first-order chi connectivity index (χ1) is 8.06. The van der Waals surface area contributed by atoms with E-state index in [0.717, 1.165) is 5.75 Å². The minimum absolute atomic E-state index is 0.315. The molecule has 0 aliphatic rings. The molecule has 1 N–H and O–H groups in total. The molecule has 2 unspecified atom stereocenters. The summed E-state index contributed by atoms with van der Waals surface area (Å²) in [7, 11) is 0. The van der Waals surface area contributed by atoms with E-state index in [2.05, 4.69) is 45.1 Å². The van der Waals surface area contributed by atoms with Crippen LogP contribution < -0.4 is 10.1 Å². The van der Waals surface area contributed by atoms with Crippen LogP contribution in [0, 0.1) is 5.92 Å². The Labute approximate surface area is 105 Å². The van der Waals surface area contributed by atoms with Gasteiger partial charge in [0.05, 0.1) is 6.61 Å². The predicted octanol–water partition coefficient (Wildman–Crippen LogP) is 3.78. The van der Waals surface area contributed by atoms with Gasteiger partial charge >= 0.3 is 0 Å². The van der Waals surface area contributed by atoms with E-state index in [1.165, 1.54) is 5.56 Å². The number of hydrogen-bond donors (Lipinski definition) is 1. The summed E-state index contributed by atoms with van der Waals surface area (Å²) < 4.78 is 5.66. The number of benzene rings is 1. The third-order valence-electron chi connectivity index (χ3n) is 3.20. The summed E-state index contributed by atoms with van der Waals surface area (Å²) in [6.45, 7) is 11.6. The number of rotatable bonds is 6. The van der Waals surface area contributed by atoms with Gasteiger partial charge in [0.15, 0.2) is 0 Å². The number of ether oxygens (including phenoxy) is 1. The molecule has 0 bridgehead atoms. The van der Waals surface area contributed by atoms with E-state index in [1.54, 1.807) is 0 Å². The molecule has 0 fully saturated rings. The SMILES string of the molecule is CCOc1ccccc1C(C)NC(C)C(C)C. The minimum atomic E-state index is 0.315.